The van der Waals surface area contributed by atoms with Crippen LogP contribution in [0.4, 0.5) is 14.6 Å². The average Bonchev–Trinajstić information content (AvgIpc) is 3.21. The lowest BCUT2D eigenvalue weighted by Crippen LogP contribution is -2.22. The van der Waals surface area contributed by atoms with E-state index in [2.05, 4.69) is 20.3 Å². The van der Waals surface area contributed by atoms with Crippen molar-refractivity contribution in [2.45, 2.75) is 26.4 Å². The first-order valence-corrected chi connectivity index (χ1v) is 11.8. The Labute approximate surface area is 212 Å². The predicted octanol–water partition coefficient (Wildman–Crippen LogP) is 6.29. The minimum Gasteiger partial charge on any atom is -0.363 e. The minimum absolute atomic E-state index is 0.0579. The molecular weight excluding hydrogens is 484 g/mol. The molecule has 6 nitrogen and oxygen atoms in total. The quantitative estimate of drug-likeness (QED) is 0.333. The Morgan fingerprint density at radius 2 is 1.83 bits per heavy atom. The van der Waals surface area contributed by atoms with Gasteiger partial charge in [0.1, 0.15) is 17.5 Å². The number of fused-ring (bicyclic) bond motifs is 1. The summed E-state index contributed by atoms with van der Waals surface area (Å²) in [4.78, 5) is 26.9. The summed E-state index contributed by atoms with van der Waals surface area (Å²) in [6.07, 6.45) is 6.19. The third-order valence-electron chi connectivity index (χ3n) is 6.28. The van der Waals surface area contributed by atoms with Gasteiger partial charge < -0.3 is 10.2 Å². The molecule has 0 saturated heterocycles. The molecule has 1 aliphatic rings. The SMILES string of the molecule is CCN1Cc2c(ccnc2N[C@@H](C)c2cc(F)c(-c3ccnc(-c4cncc(Cl)c4)c3)cc2F)C1=O. The van der Waals surface area contributed by atoms with Gasteiger partial charge >= 0.3 is 0 Å². The smallest absolute Gasteiger partial charge is 0.254 e. The molecule has 36 heavy (non-hydrogen) atoms. The maximum absolute atomic E-state index is 15.3. The number of hydrogen-bond acceptors (Lipinski definition) is 5. The molecule has 0 fully saturated rings. The molecule has 0 spiro atoms. The number of halogens is 3. The Morgan fingerprint density at radius 1 is 1.03 bits per heavy atom. The van der Waals surface area contributed by atoms with E-state index in [1.165, 1.54) is 24.5 Å². The van der Waals surface area contributed by atoms with Crippen molar-refractivity contribution in [1.29, 1.82) is 0 Å². The molecule has 1 amide bonds. The van der Waals surface area contributed by atoms with Gasteiger partial charge in [-0.2, -0.15) is 0 Å². The third kappa shape index (κ3) is 4.40. The van der Waals surface area contributed by atoms with Crippen LogP contribution in [0, 0.1) is 11.6 Å². The zero-order chi connectivity index (χ0) is 25.4. The fraction of sp³-hybridized carbons (Fsp3) is 0.185. The summed E-state index contributed by atoms with van der Waals surface area (Å²) < 4.78 is 30.5. The molecule has 0 saturated carbocycles. The number of hydrogen-bond donors (Lipinski definition) is 1. The van der Waals surface area contributed by atoms with Gasteiger partial charge in [0, 0.05) is 59.1 Å². The summed E-state index contributed by atoms with van der Waals surface area (Å²) in [5, 5.41) is 3.61. The van der Waals surface area contributed by atoms with E-state index in [-0.39, 0.29) is 17.0 Å². The second-order valence-electron chi connectivity index (χ2n) is 8.55. The van der Waals surface area contributed by atoms with Gasteiger partial charge in [0.2, 0.25) is 0 Å². The number of benzene rings is 1. The molecule has 0 radical (unpaired) electrons. The number of aromatic nitrogens is 3. The summed E-state index contributed by atoms with van der Waals surface area (Å²) in [6.45, 7) is 4.64. The molecule has 4 heterocycles. The first kappa shape index (κ1) is 23.8. The number of carbonyl (C=O) groups excluding carboxylic acids is 1. The number of rotatable bonds is 6. The number of pyridine rings is 3. The highest BCUT2D eigenvalue weighted by Gasteiger charge is 2.29. The lowest BCUT2D eigenvalue weighted by atomic mass is 9.99. The van der Waals surface area contributed by atoms with Gasteiger partial charge in [-0.05, 0) is 55.8 Å². The fourth-order valence-corrected chi connectivity index (χ4v) is 4.55. The minimum atomic E-state index is -0.594. The first-order valence-electron chi connectivity index (χ1n) is 11.5. The number of carbonyl (C=O) groups is 1. The highest BCUT2D eigenvalue weighted by atomic mass is 35.5. The van der Waals surface area contributed by atoms with Gasteiger partial charge in [0.15, 0.2) is 0 Å². The standard InChI is InChI=1S/C27H22ClF2N5O/c1-3-35-14-22-19(27(35)36)5-7-33-26(22)34-15(2)20-10-24(30)21(11-23(20)29)16-4-6-32-25(9-16)17-8-18(28)13-31-12-17/h4-13,15H,3,14H2,1-2H3,(H,33,34)/t15-/m0/s1. The third-order valence-corrected chi connectivity index (χ3v) is 6.49. The number of amides is 1. The first-order chi connectivity index (χ1) is 17.4. The largest absolute Gasteiger partial charge is 0.363 e. The van der Waals surface area contributed by atoms with Crippen LogP contribution in [0.5, 0.6) is 0 Å². The highest BCUT2D eigenvalue weighted by Crippen LogP contribution is 2.33. The summed E-state index contributed by atoms with van der Waals surface area (Å²) >= 11 is 6.03. The van der Waals surface area contributed by atoms with Gasteiger partial charge in [-0.3, -0.25) is 14.8 Å². The van der Waals surface area contributed by atoms with Crippen LogP contribution in [-0.4, -0.2) is 32.3 Å². The van der Waals surface area contributed by atoms with E-state index in [1.807, 2.05) is 6.92 Å². The Balaban J connectivity index is 1.43. The van der Waals surface area contributed by atoms with Crippen molar-refractivity contribution in [3.8, 4) is 22.4 Å². The second kappa shape index (κ2) is 9.62. The Hall–Kier alpha value is -3.91. The monoisotopic (exact) mass is 505 g/mol. The van der Waals surface area contributed by atoms with Crippen LogP contribution in [-0.2, 0) is 6.54 Å². The molecule has 1 aromatic carbocycles. The highest BCUT2D eigenvalue weighted by molar-refractivity contribution is 6.30. The van der Waals surface area contributed by atoms with Crippen LogP contribution in [0.3, 0.4) is 0 Å². The summed E-state index contributed by atoms with van der Waals surface area (Å²) in [5.74, 6) is -0.701. The number of nitrogens with zero attached hydrogens (tertiary/aromatic N) is 4. The van der Waals surface area contributed by atoms with Crippen LogP contribution >= 0.6 is 11.6 Å². The Morgan fingerprint density at radius 3 is 2.61 bits per heavy atom. The summed E-state index contributed by atoms with van der Waals surface area (Å²) in [6, 6.07) is 8.45. The normalized spacial score (nSPS) is 13.6. The molecular formula is C27H22ClF2N5O. The van der Waals surface area contributed by atoms with Crippen LogP contribution in [0.2, 0.25) is 5.02 Å². The van der Waals surface area contributed by atoms with Crippen molar-refractivity contribution in [2.75, 3.05) is 11.9 Å². The van der Waals surface area contributed by atoms with Crippen molar-refractivity contribution in [3.63, 3.8) is 0 Å². The second-order valence-corrected chi connectivity index (χ2v) is 8.98. The van der Waals surface area contributed by atoms with E-state index in [4.69, 9.17) is 11.6 Å². The van der Waals surface area contributed by atoms with Crippen LogP contribution in [0.1, 0.15) is 41.4 Å². The molecule has 1 aliphatic heterocycles. The molecule has 1 N–H and O–H groups in total. The van der Waals surface area contributed by atoms with E-state index in [0.717, 1.165) is 5.56 Å². The van der Waals surface area contributed by atoms with Crippen molar-refractivity contribution in [1.82, 2.24) is 19.9 Å². The van der Waals surface area contributed by atoms with Gasteiger partial charge in [-0.1, -0.05) is 11.6 Å². The number of anilines is 1. The van der Waals surface area contributed by atoms with Crippen LogP contribution in [0.25, 0.3) is 22.4 Å². The van der Waals surface area contributed by atoms with E-state index in [0.29, 0.717) is 46.3 Å². The van der Waals surface area contributed by atoms with Crippen molar-refractivity contribution >= 4 is 23.3 Å². The molecule has 4 aromatic rings. The van der Waals surface area contributed by atoms with Crippen molar-refractivity contribution in [3.05, 3.63) is 94.5 Å². The zero-order valence-electron chi connectivity index (χ0n) is 19.6. The predicted molar refractivity (Wildman–Crippen MR) is 135 cm³/mol. The van der Waals surface area contributed by atoms with Gasteiger partial charge in [-0.15, -0.1) is 0 Å². The van der Waals surface area contributed by atoms with E-state index >= 15 is 8.78 Å². The van der Waals surface area contributed by atoms with Crippen LogP contribution < -0.4 is 5.32 Å². The summed E-state index contributed by atoms with van der Waals surface area (Å²) in [7, 11) is 0. The zero-order valence-corrected chi connectivity index (χ0v) is 20.4. The molecule has 1 atom stereocenters. The lowest BCUT2D eigenvalue weighted by molar-refractivity contribution is 0.0787. The van der Waals surface area contributed by atoms with Crippen molar-refractivity contribution in [2.24, 2.45) is 0 Å². The van der Waals surface area contributed by atoms with E-state index in [1.54, 1.807) is 48.5 Å². The topological polar surface area (TPSA) is 71.0 Å². The molecule has 0 unspecified atom stereocenters. The van der Waals surface area contributed by atoms with E-state index < -0.39 is 17.7 Å². The maximum Gasteiger partial charge on any atom is 0.254 e. The molecule has 5 rings (SSSR count). The molecule has 0 aliphatic carbocycles. The maximum atomic E-state index is 15.3. The summed E-state index contributed by atoms with van der Waals surface area (Å²) in [5.41, 5.74) is 3.29. The van der Waals surface area contributed by atoms with Gasteiger partial charge in [0.25, 0.3) is 5.91 Å². The Bertz CT molecular complexity index is 1480. The van der Waals surface area contributed by atoms with Gasteiger partial charge in [0.05, 0.1) is 23.3 Å². The molecule has 0 bridgehead atoms. The number of nitrogens with one attached hydrogen (secondary N) is 1. The van der Waals surface area contributed by atoms with Gasteiger partial charge in [-0.25, -0.2) is 13.8 Å². The fourth-order valence-electron chi connectivity index (χ4n) is 4.37. The Kier molecular flexibility index (Phi) is 6.36. The van der Waals surface area contributed by atoms with E-state index in [9.17, 15) is 4.79 Å². The molecule has 182 valence electrons. The molecule has 9 heteroatoms. The lowest BCUT2D eigenvalue weighted by Gasteiger charge is -2.19. The van der Waals surface area contributed by atoms with Crippen LogP contribution in [0.15, 0.2) is 61.2 Å². The average molecular weight is 506 g/mol. The van der Waals surface area contributed by atoms with Crippen molar-refractivity contribution < 1.29 is 13.6 Å². The molecule has 3 aromatic heterocycles.